The summed E-state index contributed by atoms with van der Waals surface area (Å²) in [7, 11) is -3.53. The smallest absolute Gasteiger partial charge is 0.410 e. The van der Waals surface area contributed by atoms with E-state index in [0.717, 1.165) is 0 Å². The van der Waals surface area contributed by atoms with E-state index in [-0.39, 0.29) is 31.4 Å². The van der Waals surface area contributed by atoms with Crippen molar-refractivity contribution < 1.29 is 17.9 Å². The second-order valence-electron chi connectivity index (χ2n) is 7.39. The number of piperazine rings is 1. The molecule has 1 aliphatic rings. The molecule has 1 atom stereocenters. The van der Waals surface area contributed by atoms with Crippen molar-refractivity contribution in [3.8, 4) is 0 Å². The van der Waals surface area contributed by atoms with Crippen molar-refractivity contribution in [3.05, 3.63) is 33.8 Å². The normalized spacial score (nSPS) is 19.5. The van der Waals surface area contributed by atoms with Crippen molar-refractivity contribution in [1.29, 1.82) is 0 Å². The lowest BCUT2D eigenvalue weighted by molar-refractivity contribution is 0.00857. The van der Waals surface area contributed by atoms with Crippen LogP contribution in [0.25, 0.3) is 0 Å². The highest BCUT2D eigenvalue weighted by atomic mass is 35.5. The van der Waals surface area contributed by atoms with Gasteiger partial charge in [-0.25, -0.2) is 13.2 Å². The first-order valence-electron chi connectivity index (χ1n) is 8.30. The highest BCUT2D eigenvalue weighted by Gasteiger charge is 2.35. The predicted octanol–water partition coefficient (Wildman–Crippen LogP) is 3.76. The molecule has 2 rings (SSSR count). The molecular weight excluding hydrogens is 399 g/mol. The molecule has 146 valence electrons. The minimum Gasteiger partial charge on any atom is -0.444 e. The summed E-state index contributed by atoms with van der Waals surface area (Å²) in [6.07, 6.45) is -0.425. The number of hydrogen-bond donors (Lipinski definition) is 0. The summed E-state index contributed by atoms with van der Waals surface area (Å²) in [5, 5.41) is 0.704. The molecule has 0 saturated carbocycles. The average Bonchev–Trinajstić information content (AvgIpc) is 2.48. The van der Waals surface area contributed by atoms with E-state index in [0.29, 0.717) is 15.6 Å². The molecule has 1 heterocycles. The van der Waals surface area contributed by atoms with Gasteiger partial charge in [-0.3, -0.25) is 0 Å². The van der Waals surface area contributed by atoms with E-state index >= 15 is 0 Å². The van der Waals surface area contributed by atoms with Crippen molar-refractivity contribution in [2.24, 2.45) is 0 Å². The summed E-state index contributed by atoms with van der Waals surface area (Å²) in [6.45, 7) is 7.95. The lowest BCUT2D eigenvalue weighted by atomic mass is 10.2. The standard InChI is InChI=1S/C17H24Cl2N2O4S/c1-12-10-20(7-8-21(12)16(22)25-17(2,3)4)26(23,24)11-13-5-6-14(18)15(19)9-13/h5-6,9,12H,7-8,10-11H2,1-4H3. The summed E-state index contributed by atoms with van der Waals surface area (Å²) in [5.41, 5.74) is -0.0185. The zero-order valence-electron chi connectivity index (χ0n) is 15.3. The van der Waals surface area contributed by atoms with Crippen LogP contribution in [-0.2, 0) is 20.5 Å². The molecule has 9 heteroatoms. The Kier molecular flexibility index (Phi) is 6.48. The van der Waals surface area contributed by atoms with Crippen LogP contribution in [0.1, 0.15) is 33.3 Å². The van der Waals surface area contributed by atoms with Crippen molar-refractivity contribution in [1.82, 2.24) is 9.21 Å². The lowest BCUT2D eigenvalue weighted by Crippen LogP contribution is -2.56. The van der Waals surface area contributed by atoms with E-state index in [1.54, 1.807) is 43.9 Å². The molecule has 6 nitrogen and oxygen atoms in total. The van der Waals surface area contributed by atoms with Gasteiger partial charge in [-0.2, -0.15) is 4.31 Å². The summed E-state index contributed by atoms with van der Waals surface area (Å²) in [4.78, 5) is 13.8. The molecule has 0 aromatic heterocycles. The zero-order valence-corrected chi connectivity index (χ0v) is 17.7. The third kappa shape index (κ3) is 5.49. The van der Waals surface area contributed by atoms with E-state index in [4.69, 9.17) is 27.9 Å². The largest absolute Gasteiger partial charge is 0.444 e. The Hall–Kier alpha value is -1.02. The molecular formula is C17H24Cl2N2O4S. The van der Waals surface area contributed by atoms with Gasteiger partial charge in [0.15, 0.2) is 0 Å². The Morgan fingerprint density at radius 2 is 1.88 bits per heavy atom. The first-order chi connectivity index (χ1) is 11.9. The molecule has 0 aliphatic carbocycles. The maximum atomic E-state index is 12.7. The number of halogens is 2. The predicted molar refractivity (Wildman–Crippen MR) is 103 cm³/mol. The molecule has 1 aromatic carbocycles. The van der Waals surface area contributed by atoms with Gasteiger partial charge in [0.25, 0.3) is 0 Å². The Balaban J connectivity index is 2.04. The van der Waals surface area contributed by atoms with Crippen molar-refractivity contribution >= 4 is 39.3 Å². The average molecular weight is 423 g/mol. The van der Waals surface area contributed by atoms with Crippen LogP contribution in [0.4, 0.5) is 4.79 Å². The minimum absolute atomic E-state index is 0.164. The Bertz CT molecular complexity index is 777. The third-order valence-electron chi connectivity index (χ3n) is 3.94. The molecule has 0 bridgehead atoms. The van der Waals surface area contributed by atoms with E-state index in [9.17, 15) is 13.2 Å². The van der Waals surface area contributed by atoms with Crippen molar-refractivity contribution in [2.75, 3.05) is 19.6 Å². The molecule has 1 amide bonds. The van der Waals surface area contributed by atoms with Gasteiger partial charge in [0, 0.05) is 25.7 Å². The number of carbonyl (C=O) groups excluding carboxylic acids is 1. The molecule has 1 aliphatic heterocycles. The highest BCUT2D eigenvalue weighted by Crippen LogP contribution is 2.25. The number of rotatable bonds is 3. The monoisotopic (exact) mass is 422 g/mol. The van der Waals surface area contributed by atoms with Gasteiger partial charge >= 0.3 is 6.09 Å². The second-order valence-corrected chi connectivity index (χ2v) is 10.2. The van der Waals surface area contributed by atoms with Crippen LogP contribution < -0.4 is 0 Å². The molecule has 1 saturated heterocycles. The zero-order chi connectivity index (χ0) is 19.7. The molecule has 0 spiro atoms. The molecule has 26 heavy (non-hydrogen) atoms. The lowest BCUT2D eigenvalue weighted by Gasteiger charge is -2.39. The van der Waals surface area contributed by atoms with Gasteiger partial charge in [0.05, 0.1) is 15.8 Å². The quantitative estimate of drug-likeness (QED) is 0.743. The Morgan fingerprint density at radius 1 is 1.23 bits per heavy atom. The van der Waals surface area contributed by atoms with Crippen LogP contribution in [0.3, 0.4) is 0 Å². The first kappa shape index (κ1) is 21.3. The fourth-order valence-corrected chi connectivity index (χ4v) is 4.61. The van der Waals surface area contributed by atoms with Gasteiger partial charge < -0.3 is 9.64 Å². The van der Waals surface area contributed by atoms with Crippen LogP contribution in [0, 0.1) is 0 Å². The number of benzene rings is 1. The molecule has 0 radical (unpaired) electrons. The Labute approximate surface area is 165 Å². The van der Waals surface area contributed by atoms with Gasteiger partial charge in [-0.1, -0.05) is 29.3 Å². The summed E-state index contributed by atoms with van der Waals surface area (Å²) in [6, 6.07) is 4.51. The third-order valence-corrected chi connectivity index (χ3v) is 6.50. The molecule has 1 fully saturated rings. The topological polar surface area (TPSA) is 66.9 Å². The number of nitrogens with zero attached hydrogens (tertiary/aromatic N) is 2. The van der Waals surface area contributed by atoms with Crippen LogP contribution in [0.2, 0.25) is 10.0 Å². The minimum atomic E-state index is -3.53. The van der Waals surface area contributed by atoms with Gasteiger partial charge in [0.1, 0.15) is 5.60 Å². The number of hydrogen-bond acceptors (Lipinski definition) is 4. The number of amides is 1. The van der Waals surface area contributed by atoms with Gasteiger partial charge in [-0.15, -0.1) is 0 Å². The Morgan fingerprint density at radius 3 is 2.42 bits per heavy atom. The van der Waals surface area contributed by atoms with Crippen molar-refractivity contribution in [2.45, 2.75) is 45.1 Å². The molecule has 1 aromatic rings. The number of sulfonamides is 1. The maximum absolute atomic E-state index is 12.7. The maximum Gasteiger partial charge on any atom is 0.410 e. The second kappa shape index (κ2) is 7.92. The van der Waals surface area contributed by atoms with Gasteiger partial charge in [0.2, 0.25) is 10.0 Å². The van der Waals surface area contributed by atoms with E-state index < -0.39 is 21.7 Å². The fourth-order valence-electron chi connectivity index (χ4n) is 2.70. The summed E-state index contributed by atoms with van der Waals surface area (Å²) in [5.74, 6) is -0.164. The van der Waals surface area contributed by atoms with Crippen LogP contribution in [-0.4, -0.2) is 55.0 Å². The van der Waals surface area contributed by atoms with Crippen LogP contribution in [0.15, 0.2) is 18.2 Å². The molecule has 0 N–H and O–H groups in total. The summed E-state index contributed by atoms with van der Waals surface area (Å²) >= 11 is 11.8. The SMILES string of the molecule is CC1CN(S(=O)(=O)Cc2ccc(Cl)c(Cl)c2)CCN1C(=O)OC(C)(C)C. The highest BCUT2D eigenvalue weighted by molar-refractivity contribution is 7.88. The van der Waals surface area contributed by atoms with Crippen molar-refractivity contribution in [3.63, 3.8) is 0 Å². The van der Waals surface area contributed by atoms with E-state index in [1.807, 2.05) is 6.92 Å². The van der Waals surface area contributed by atoms with E-state index in [1.165, 1.54) is 4.31 Å². The first-order valence-corrected chi connectivity index (χ1v) is 10.7. The van der Waals surface area contributed by atoms with Gasteiger partial charge in [-0.05, 0) is 45.4 Å². The van der Waals surface area contributed by atoms with Crippen LogP contribution in [0.5, 0.6) is 0 Å². The molecule has 1 unspecified atom stereocenters. The fraction of sp³-hybridized carbons (Fsp3) is 0.588. The summed E-state index contributed by atoms with van der Waals surface area (Å²) < 4.78 is 32.2. The number of ether oxygens (including phenoxy) is 1. The van der Waals surface area contributed by atoms with E-state index in [2.05, 4.69) is 0 Å². The number of carbonyl (C=O) groups is 1. The van der Waals surface area contributed by atoms with Crippen LogP contribution >= 0.6 is 23.2 Å².